The summed E-state index contributed by atoms with van der Waals surface area (Å²) in [4.78, 5) is 16.9. The van der Waals surface area contributed by atoms with Crippen LogP contribution in [0.25, 0.3) is 92.4 Å². The van der Waals surface area contributed by atoms with E-state index in [2.05, 4.69) is 174 Å². The van der Waals surface area contributed by atoms with Gasteiger partial charge < -0.3 is 4.42 Å². The fraction of sp³-hybridized carbons (Fsp3) is 0.0192. The maximum Gasteiger partial charge on any atom is 0.238 e. The summed E-state index contributed by atoms with van der Waals surface area (Å²) < 4.78 is 11.2. The molecule has 0 radical (unpaired) electrons. The molecule has 270 valence electrons. The molecule has 0 N–H and O–H groups in total. The van der Waals surface area contributed by atoms with Crippen LogP contribution in [0.5, 0.6) is 0 Å². The van der Waals surface area contributed by atoms with Crippen LogP contribution in [0.4, 0.5) is 0 Å². The third-order valence-corrected chi connectivity index (χ3v) is 13.3. The molecule has 1 aliphatic rings. The minimum atomic E-state index is -0.920. The molecular weight excluding hydrogens is 729 g/mol. The van der Waals surface area contributed by atoms with Crippen molar-refractivity contribution in [3.63, 3.8) is 0 Å². The number of nitrogens with zero attached hydrogens (tertiary/aromatic N) is 4. The van der Waals surface area contributed by atoms with Crippen LogP contribution >= 0.6 is 11.3 Å². The number of hydrogen-bond acceptors (Lipinski definition) is 5. The van der Waals surface area contributed by atoms with E-state index in [4.69, 9.17) is 19.4 Å². The molecule has 4 heterocycles. The van der Waals surface area contributed by atoms with Gasteiger partial charge in [-0.25, -0.2) is 4.98 Å². The molecule has 0 bridgehead atoms. The first-order valence-corrected chi connectivity index (χ1v) is 20.3. The molecule has 4 aromatic heterocycles. The second-order valence-electron chi connectivity index (χ2n) is 15.1. The van der Waals surface area contributed by atoms with Crippen LogP contribution in [0.3, 0.4) is 0 Å². The standard InChI is InChI=1S/C52H30N4OS/c1-7-21-40-32(14-1)33-15-2-8-22-41(33)52(40,31-28-29-37-36-18-5-11-25-44(36)57-45(37)30-31)50-53-49(39-20-13-27-47-48(39)38-19-6-12-26-46(38)58-47)54-51(55-50)56-42-23-9-3-16-34(42)35-17-4-10-24-43(35)56/h1-30H. The van der Waals surface area contributed by atoms with Crippen LogP contribution in [0.1, 0.15) is 22.5 Å². The van der Waals surface area contributed by atoms with E-state index < -0.39 is 5.41 Å². The number of para-hydroxylation sites is 3. The lowest BCUT2D eigenvalue weighted by Gasteiger charge is -2.32. The van der Waals surface area contributed by atoms with E-state index in [1.165, 1.54) is 14.8 Å². The highest BCUT2D eigenvalue weighted by Gasteiger charge is 2.49. The van der Waals surface area contributed by atoms with Crippen LogP contribution in [-0.4, -0.2) is 19.5 Å². The van der Waals surface area contributed by atoms with E-state index in [0.717, 1.165) is 82.5 Å². The summed E-state index contributed by atoms with van der Waals surface area (Å²) in [6, 6.07) is 64.6. The van der Waals surface area contributed by atoms with Gasteiger partial charge in [0.2, 0.25) is 5.95 Å². The lowest BCUT2D eigenvalue weighted by molar-refractivity contribution is 0.659. The van der Waals surface area contributed by atoms with E-state index in [-0.39, 0.29) is 0 Å². The molecule has 12 aromatic rings. The van der Waals surface area contributed by atoms with Crippen LogP contribution in [-0.2, 0) is 5.41 Å². The molecule has 0 amide bonds. The molecule has 5 nitrogen and oxygen atoms in total. The fourth-order valence-corrected chi connectivity index (χ4v) is 10.9. The molecule has 0 fully saturated rings. The third kappa shape index (κ3) is 4.21. The highest BCUT2D eigenvalue weighted by atomic mass is 32.1. The molecule has 13 rings (SSSR count). The number of benzene rings is 8. The molecule has 0 unspecified atom stereocenters. The number of hydrogen-bond donors (Lipinski definition) is 0. The van der Waals surface area contributed by atoms with Crippen molar-refractivity contribution in [2.75, 3.05) is 0 Å². The van der Waals surface area contributed by atoms with Gasteiger partial charge in [-0.2, -0.15) is 9.97 Å². The van der Waals surface area contributed by atoms with Gasteiger partial charge in [0.25, 0.3) is 0 Å². The average molecular weight is 759 g/mol. The van der Waals surface area contributed by atoms with Crippen molar-refractivity contribution in [1.82, 2.24) is 19.5 Å². The van der Waals surface area contributed by atoms with Crippen molar-refractivity contribution in [2.45, 2.75) is 5.41 Å². The van der Waals surface area contributed by atoms with Crippen molar-refractivity contribution >= 4 is 75.3 Å². The number of thiophene rings is 1. The van der Waals surface area contributed by atoms with Gasteiger partial charge in [0.1, 0.15) is 16.6 Å². The average Bonchev–Trinajstić information content (AvgIpc) is 4.03. The Kier molecular flexibility index (Phi) is 6.46. The zero-order valence-electron chi connectivity index (χ0n) is 30.9. The predicted molar refractivity (Wildman–Crippen MR) is 237 cm³/mol. The topological polar surface area (TPSA) is 56.7 Å². The largest absolute Gasteiger partial charge is 0.456 e. The van der Waals surface area contributed by atoms with Crippen LogP contribution in [0.15, 0.2) is 186 Å². The van der Waals surface area contributed by atoms with Crippen LogP contribution < -0.4 is 0 Å². The zero-order chi connectivity index (χ0) is 38.0. The van der Waals surface area contributed by atoms with Gasteiger partial charge in [0.05, 0.1) is 11.0 Å². The van der Waals surface area contributed by atoms with Crippen molar-refractivity contribution < 1.29 is 4.42 Å². The molecule has 0 spiro atoms. The smallest absolute Gasteiger partial charge is 0.238 e. The minimum Gasteiger partial charge on any atom is -0.456 e. The Hall–Kier alpha value is -7.41. The fourth-order valence-electron chi connectivity index (χ4n) is 9.73. The Morgan fingerprint density at radius 2 is 1.03 bits per heavy atom. The molecule has 0 saturated heterocycles. The summed E-state index contributed by atoms with van der Waals surface area (Å²) in [6.07, 6.45) is 0. The van der Waals surface area contributed by atoms with Crippen molar-refractivity contribution in [2.24, 2.45) is 0 Å². The zero-order valence-corrected chi connectivity index (χ0v) is 31.7. The van der Waals surface area contributed by atoms with Gasteiger partial charge in [0, 0.05) is 47.3 Å². The third-order valence-electron chi connectivity index (χ3n) is 12.1. The van der Waals surface area contributed by atoms with E-state index in [1.54, 1.807) is 11.3 Å². The summed E-state index contributed by atoms with van der Waals surface area (Å²) in [6.45, 7) is 0. The lowest BCUT2D eigenvalue weighted by Crippen LogP contribution is -2.32. The maximum atomic E-state index is 6.61. The van der Waals surface area contributed by atoms with Gasteiger partial charge >= 0.3 is 0 Å². The molecular formula is C52H30N4OS. The van der Waals surface area contributed by atoms with Crippen LogP contribution in [0, 0.1) is 0 Å². The number of aromatic nitrogens is 4. The number of fused-ring (bicyclic) bond motifs is 12. The Labute approximate surface area is 336 Å². The summed E-state index contributed by atoms with van der Waals surface area (Å²) in [5.41, 5.74) is 9.41. The predicted octanol–water partition coefficient (Wildman–Crippen LogP) is 13.3. The first-order valence-electron chi connectivity index (χ1n) is 19.5. The summed E-state index contributed by atoms with van der Waals surface area (Å²) >= 11 is 1.80. The molecule has 1 aliphatic carbocycles. The lowest BCUT2D eigenvalue weighted by atomic mass is 9.71. The minimum absolute atomic E-state index is 0.569. The van der Waals surface area contributed by atoms with E-state index in [0.29, 0.717) is 17.6 Å². The Morgan fingerprint density at radius 3 is 1.79 bits per heavy atom. The SMILES string of the molecule is c1ccc2c(c1)-c1ccccc1C2(c1ccc2c(c1)oc1ccccc12)c1nc(-c2cccc3sc4ccccc4c23)nc(-n2c3ccccc3c3ccccc32)n1. The highest BCUT2D eigenvalue weighted by molar-refractivity contribution is 7.25. The molecule has 0 aliphatic heterocycles. The first-order chi connectivity index (χ1) is 28.8. The van der Waals surface area contributed by atoms with Gasteiger partial charge in [-0.15, -0.1) is 11.3 Å². The first kappa shape index (κ1) is 31.8. The molecule has 58 heavy (non-hydrogen) atoms. The van der Waals surface area contributed by atoms with Gasteiger partial charge in [0.15, 0.2) is 11.6 Å². The highest BCUT2D eigenvalue weighted by Crippen LogP contribution is 2.56. The van der Waals surface area contributed by atoms with Gasteiger partial charge in [-0.3, -0.25) is 4.57 Å². The summed E-state index contributed by atoms with van der Waals surface area (Å²) in [7, 11) is 0. The van der Waals surface area contributed by atoms with Crippen molar-refractivity contribution in [1.29, 1.82) is 0 Å². The molecule has 6 heteroatoms. The maximum absolute atomic E-state index is 6.61. The van der Waals surface area contributed by atoms with Crippen molar-refractivity contribution in [3.05, 3.63) is 205 Å². The summed E-state index contributed by atoms with van der Waals surface area (Å²) in [5.74, 6) is 1.85. The molecule has 0 atom stereocenters. The quantitative estimate of drug-likeness (QED) is 0.179. The Bertz CT molecular complexity index is 3570. The Morgan fingerprint density at radius 1 is 0.448 bits per heavy atom. The monoisotopic (exact) mass is 758 g/mol. The van der Waals surface area contributed by atoms with Crippen molar-refractivity contribution in [3.8, 4) is 28.5 Å². The normalized spacial score (nSPS) is 13.3. The molecule has 8 aromatic carbocycles. The van der Waals surface area contributed by atoms with E-state index in [1.807, 2.05) is 12.1 Å². The van der Waals surface area contributed by atoms with Gasteiger partial charge in [-0.1, -0.05) is 146 Å². The van der Waals surface area contributed by atoms with Crippen LogP contribution in [0.2, 0.25) is 0 Å². The molecule has 0 saturated carbocycles. The Balaban J connectivity index is 1.20. The second-order valence-corrected chi connectivity index (χ2v) is 16.2. The van der Waals surface area contributed by atoms with Gasteiger partial charge in [-0.05, 0) is 64.2 Å². The van der Waals surface area contributed by atoms with E-state index in [9.17, 15) is 0 Å². The summed E-state index contributed by atoms with van der Waals surface area (Å²) in [5, 5.41) is 6.81. The number of rotatable bonds is 4. The number of furan rings is 1. The second kappa shape index (κ2) is 11.8. The van der Waals surface area contributed by atoms with E-state index >= 15 is 0 Å².